The molecule has 0 aromatic heterocycles. The molecule has 0 amide bonds. The summed E-state index contributed by atoms with van der Waals surface area (Å²) in [5.74, 6) is -2.41. The van der Waals surface area contributed by atoms with E-state index in [0.29, 0.717) is 4.31 Å². The van der Waals surface area contributed by atoms with Gasteiger partial charge in [-0.2, -0.15) is 0 Å². The standard InChI is InChI=1S/C10H12FNO4S/c1-2-17(15,16)12(7-10(13)14)9-6-4-3-5-8(9)11/h3-6H,2,7H2,1H3,(H,13,14). The highest BCUT2D eigenvalue weighted by atomic mass is 32.2. The van der Waals surface area contributed by atoms with Crippen LogP contribution >= 0.6 is 0 Å². The first-order chi connectivity index (χ1) is 7.88. The van der Waals surface area contributed by atoms with Gasteiger partial charge >= 0.3 is 5.97 Å². The molecule has 0 spiro atoms. The van der Waals surface area contributed by atoms with E-state index in [1.807, 2.05) is 0 Å². The topological polar surface area (TPSA) is 74.7 Å². The lowest BCUT2D eigenvalue weighted by molar-refractivity contribution is -0.135. The molecular formula is C10H12FNO4S. The number of benzene rings is 1. The second kappa shape index (κ2) is 5.13. The van der Waals surface area contributed by atoms with Crippen LogP contribution in [-0.4, -0.2) is 31.8 Å². The van der Waals surface area contributed by atoms with Crippen LogP contribution in [0.4, 0.5) is 10.1 Å². The fourth-order valence-electron chi connectivity index (χ4n) is 1.27. The summed E-state index contributed by atoms with van der Waals surface area (Å²) in [5, 5.41) is 8.67. The molecule has 0 aliphatic carbocycles. The minimum atomic E-state index is -3.82. The Kier molecular flexibility index (Phi) is 4.06. The highest BCUT2D eigenvalue weighted by molar-refractivity contribution is 7.92. The second-order valence-corrected chi connectivity index (χ2v) is 5.43. The molecule has 0 saturated heterocycles. The highest BCUT2D eigenvalue weighted by Crippen LogP contribution is 2.21. The predicted molar refractivity (Wildman–Crippen MR) is 60.8 cm³/mol. The normalized spacial score (nSPS) is 11.2. The fourth-order valence-corrected chi connectivity index (χ4v) is 2.33. The van der Waals surface area contributed by atoms with Crippen molar-refractivity contribution in [3.8, 4) is 0 Å². The minimum absolute atomic E-state index is 0.253. The molecule has 94 valence electrons. The molecule has 1 aromatic rings. The third-order valence-electron chi connectivity index (χ3n) is 2.10. The minimum Gasteiger partial charge on any atom is -0.480 e. The van der Waals surface area contributed by atoms with Crippen molar-refractivity contribution >= 4 is 21.7 Å². The molecule has 0 saturated carbocycles. The van der Waals surface area contributed by atoms with E-state index < -0.39 is 28.4 Å². The lowest BCUT2D eigenvalue weighted by Crippen LogP contribution is -2.37. The van der Waals surface area contributed by atoms with Crippen molar-refractivity contribution in [3.05, 3.63) is 30.1 Å². The Morgan fingerprint density at radius 1 is 1.41 bits per heavy atom. The third-order valence-corrected chi connectivity index (χ3v) is 3.83. The number of nitrogens with zero attached hydrogens (tertiary/aromatic N) is 1. The number of anilines is 1. The quantitative estimate of drug-likeness (QED) is 0.860. The highest BCUT2D eigenvalue weighted by Gasteiger charge is 2.25. The molecule has 0 atom stereocenters. The Bertz CT molecular complexity index is 515. The van der Waals surface area contributed by atoms with Gasteiger partial charge in [-0.1, -0.05) is 12.1 Å². The number of carbonyl (C=O) groups is 1. The summed E-state index contributed by atoms with van der Waals surface area (Å²) in [6.45, 7) is 0.572. The SMILES string of the molecule is CCS(=O)(=O)N(CC(=O)O)c1ccccc1F. The van der Waals surface area contributed by atoms with Crippen molar-refractivity contribution in [2.75, 3.05) is 16.6 Å². The zero-order chi connectivity index (χ0) is 13.1. The second-order valence-electron chi connectivity index (χ2n) is 3.25. The number of aliphatic carboxylic acids is 1. The summed E-state index contributed by atoms with van der Waals surface area (Å²) in [5.41, 5.74) is -0.253. The predicted octanol–water partition coefficient (Wildman–Crippen LogP) is 1.07. The van der Waals surface area contributed by atoms with Crippen molar-refractivity contribution in [3.63, 3.8) is 0 Å². The number of halogens is 1. The van der Waals surface area contributed by atoms with Crippen LogP contribution in [0.15, 0.2) is 24.3 Å². The van der Waals surface area contributed by atoms with Gasteiger partial charge in [0.25, 0.3) is 0 Å². The van der Waals surface area contributed by atoms with E-state index >= 15 is 0 Å². The number of rotatable bonds is 5. The van der Waals surface area contributed by atoms with Crippen molar-refractivity contribution in [1.29, 1.82) is 0 Å². The maximum atomic E-state index is 13.5. The number of para-hydroxylation sites is 1. The number of carboxylic acids is 1. The van der Waals surface area contributed by atoms with Crippen molar-refractivity contribution in [1.82, 2.24) is 0 Å². The Hall–Kier alpha value is -1.63. The maximum Gasteiger partial charge on any atom is 0.324 e. The molecule has 0 aliphatic heterocycles. The Balaban J connectivity index is 3.25. The summed E-state index contributed by atoms with van der Waals surface area (Å²) in [6.07, 6.45) is 0. The van der Waals surface area contributed by atoms with Crippen LogP contribution < -0.4 is 4.31 Å². The van der Waals surface area contributed by atoms with Crippen LogP contribution in [0.1, 0.15) is 6.92 Å². The summed E-state index contributed by atoms with van der Waals surface area (Å²) in [6, 6.07) is 5.15. The summed E-state index contributed by atoms with van der Waals surface area (Å²) < 4.78 is 37.4. The monoisotopic (exact) mass is 261 g/mol. The van der Waals surface area contributed by atoms with Crippen LogP contribution in [0.5, 0.6) is 0 Å². The van der Waals surface area contributed by atoms with Gasteiger partial charge in [0.1, 0.15) is 12.4 Å². The zero-order valence-corrected chi connectivity index (χ0v) is 9.95. The number of carboxylic acid groups (broad SMARTS) is 1. The van der Waals surface area contributed by atoms with E-state index in [1.165, 1.54) is 25.1 Å². The lowest BCUT2D eigenvalue weighted by Gasteiger charge is -2.22. The van der Waals surface area contributed by atoms with Crippen LogP contribution in [0.3, 0.4) is 0 Å². The molecular weight excluding hydrogens is 249 g/mol. The van der Waals surface area contributed by atoms with Crippen LogP contribution in [0, 0.1) is 5.82 Å². The molecule has 0 bridgehead atoms. The molecule has 5 nitrogen and oxygen atoms in total. The molecule has 0 unspecified atom stereocenters. The third kappa shape index (κ3) is 3.16. The van der Waals surface area contributed by atoms with Crippen molar-refractivity contribution in [2.24, 2.45) is 0 Å². The van der Waals surface area contributed by atoms with E-state index in [1.54, 1.807) is 0 Å². The van der Waals surface area contributed by atoms with Crippen molar-refractivity contribution < 1.29 is 22.7 Å². The lowest BCUT2D eigenvalue weighted by atomic mass is 10.3. The fraction of sp³-hybridized carbons (Fsp3) is 0.300. The van der Waals surface area contributed by atoms with Gasteiger partial charge in [0.05, 0.1) is 11.4 Å². The Labute approximate surface area is 98.5 Å². The van der Waals surface area contributed by atoms with E-state index in [-0.39, 0.29) is 11.4 Å². The van der Waals surface area contributed by atoms with Gasteiger partial charge < -0.3 is 5.11 Å². The number of hydrogen-bond donors (Lipinski definition) is 1. The summed E-state index contributed by atoms with van der Waals surface area (Å²) in [7, 11) is -3.82. The first-order valence-corrected chi connectivity index (χ1v) is 6.46. The van der Waals surface area contributed by atoms with Crippen molar-refractivity contribution in [2.45, 2.75) is 6.92 Å². The van der Waals surface area contributed by atoms with Gasteiger partial charge in [-0.25, -0.2) is 12.8 Å². The van der Waals surface area contributed by atoms with Crippen LogP contribution in [0.2, 0.25) is 0 Å². The number of hydrogen-bond acceptors (Lipinski definition) is 3. The van der Waals surface area contributed by atoms with Gasteiger partial charge in [-0.3, -0.25) is 9.10 Å². The molecule has 1 aromatic carbocycles. The van der Waals surface area contributed by atoms with Gasteiger partial charge in [0, 0.05) is 0 Å². The average Bonchev–Trinajstić information content (AvgIpc) is 2.26. The largest absolute Gasteiger partial charge is 0.480 e. The molecule has 0 heterocycles. The van der Waals surface area contributed by atoms with E-state index in [9.17, 15) is 17.6 Å². The van der Waals surface area contributed by atoms with Gasteiger partial charge in [0.15, 0.2) is 0 Å². The first kappa shape index (κ1) is 13.4. The van der Waals surface area contributed by atoms with E-state index in [2.05, 4.69) is 0 Å². The van der Waals surface area contributed by atoms with Gasteiger partial charge in [-0.05, 0) is 19.1 Å². The summed E-state index contributed by atoms with van der Waals surface area (Å²) in [4.78, 5) is 10.6. The molecule has 0 fully saturated rings. The van der Waals surface area contributed by atoms with E-state index in [0.717, 1.165) is 6.07 Å². The Morgan fingerprint density at radius 2 is 2.00 bits per heavy atom. The number of sulfonamides is 1. The van der Waals surface area contributed by atoms with E-state index in [4.69, 9.17) is 5.11 Å². The first-order valence-electron chi connectivity index (χ1n) is 4.85. The zero-order valence-electron chi connectivity index (χ0n) is 9.13. The molecule has 1 N–H and O–H groups in total. The smallest absolute Gasteiger partial charge is 0.324 e. The molecule has 17 heavy (non-hydrogen) atoms. The molecule has 0 aliphatic rings. The van der Waals surface area contributed by atoms with Gasteiger partial charge in [-0.15, -0.1) is 0 Å². The molecule has 1 rings (SSSR count). The Morgan fingerprint density at radius 3 is 2.47 bits per heavy atom. The molecule has 0 radical (unpaired) electrons. The van der Waals surface area contributed by atoms with Crippen LogP contribution in [0.25, 0.3) is 0 Å². The molecule has 7 heteroatoms. The maximum absolute atomic E-state index is 13.5. The van der Waals surface area contributed by atoms with Gasteiger partial charge in [0.2, 0.25) is 10.0 Å². The van der Waals surface area contributed by atoms with Crippen LogP contribution in [-0.2, 0) is 14.8 Å². The summed E-state index contributed by atoms with van der Waals surface area (Å²) >= 11 is 0. The average molecular weight is 261 g/mol.